The third kappa shape index (κ3) is 3.53. The second kappa shape index (κ2) is 5.87. The topological polar surface area (TPSA) is 66.4 Å². The van der Waals surface area contributed by atoms with Gasteiger partial charge in [0.25, 0.3) is 0 Å². The Morgan fingerprint density at radius 2 is 2.16 bits per heavy atom. The van der Waals surface area contributed by atoms with Gasteiger partial charge in [-0.2, -0.15) is 0 Å². The van der Waals surface area contributed by atoms with Crippen LogP contribution in [0.1, 0.15) is 19.3 Å². The molecule has 19 heavy (non-hydrogen) atoms. The van der Waals surface area contributed by atoms with Crippen LogP contribution < -0.4 is 4.72 Å². The Morgan fingerprint density at radius 1 is 1.42 bits per heavy atom. The van der Waals surface area contributed by atoms with Crippen molar-refractivity contribution in [1.29, 1.82) is 0 Å². The highest BCUT2D eigenvalue weighted by atomic mass is 79.9. The van der Waals surface area contributed by atoms with Gasteiger partial charge in [0.1, 0.15) is 5.82 Å². The summed E-state index contributed by atoms with van der Waals surface area (Å²) in [5.41, 5.74) is 0. The highest BCUT2D eigenvalue weighted by molar-refractivity contribution is 9.10. The van der Waals surface area contributed by atoms with Crippen LogP contribution in [-0.4, -0.2) is 26.2 Å². The molecular formula is C12H15BrFNO3S. The van der Waals surface area contributed by atoms with E-state index in [1.807, 2.05) is 0 Å². The molecule has 2 unspecified atom stereocenters. The Morgan fingerprint density at radius 3 is 2.74 bits per heavy atom. The molecule has 1 aliphatic rings. The second-order valence-corrected chi connectivity index (χ2v) is 7.27. The van der Waals surface area contributed by atoms with Crippen LogP contribution in [0.2, 0.25) is 0 Å². The summed E-state index contributed by atoms with van der Waals surface area (Å²) < 4.78 is 39.8. The standard InChI is InChI=1S/C12H15BrFNO3S/c13-10-6-9(14)4-5-12(10)19(17,18)15-7-8-2-1-3-11(8)16/h4-6,8,11,15-16H,1-3,7H2. The van der Waals surface area contributed by atoms with Crippen molar-refractivity contribution in [3.8, 4) is 0 Å². The quantitative estimate of drug-likeness (QED) is 0.872. The van der Waals surface area contributed by atoms with Crippen LogP contribution in [0.25, 0.3) is 0 Å². The molecule has 0 spiro atoms. The van der Waals surface area contributed by atoms with Crippen molar-refractivity contribution in [2.75, 3.05) is 6.54 Å². The summed E-state index contributed by atoms with van der Waals surface area (Å²) in [6.07, 6.45) is 1.99. The van der Waals surface area contributed by atoms with E-state index >= 15 is 0 Å². The van der Waals surface area contributed by atoms with Gasteiger partial charge in [0.2, 0.25) is 10.0 Å². The summed E-state index contributed by atoms with van der Waals surface area (Å²) in [5.74, 6) is -0.550. The molecule has 1 aromatic rings. The van der Waals surface area contributed by atoms with Crippen LogP contribution in [0.5, 0.6) is 0 Å². The predicted molar refractivity (Wildman–Crippen MR) is 72.6 cm³/mol. The Balaban J connectivity index is 2.09. The first-order valence-electron chi connectivity index (χ1n) is 6.03. The van der Waals surface area contributed by atoms with Crippen LogP contribution in [0, 0.1) is 11.7 Å². The van der Waals surface area contributed by atoms with Gasteiger partial charge in [-0.05, 0) is 52.9 Å². The van der Waals surface area contributed by atoms with E-state index in [4.69, 9.17) is 0 Å². The molecule has 2 N–H and O–H groups in total. The molecule has 7 heteroatoms. The number of hydrogen-bond acceptors (Lipinski definition) is 3. The number of hydrogen-bond donors (Lipinski definition) is 2. The molecule has 1 saturated carbocycles. The molecule has 0 amide bonds. The Labute approximate surface area is 120 Å². The fourth-order valence-corrected chi connectivity index (χ4v) is 4.39. The summed E-state index contributed by atoms with van der Waals surface area (Å²) in [6.45, 7) is 0.202. The molecule has 0 saturated heterocycles. The fraction of sp³-hybridized carbons (Fsp3) is 0.500. The molecule has 1 aliphatic carbocycles. The highest BCUT2D eigenvalue weighted by Gasteiger charge is 2.27. The number of sulfonamides is 1. The lowest BCUT2D eigenvalue weighted by atomic mass is 10.1. The van der Waals surface area contributed by atoms with Crippen molar-refractivity contribution >= 4 is 26.0 Å². The zero-order valence-corrected chi connectivity index (χ0v) is 12.5. The molecule has 0 aromatic heterocycles. The van der Waals surface area contributed by atoms with Gasteiger partial charge in [0.15, 0.2) is 0 Å². The summed E-state index contributed by atoms with van der Waals surface area (Å²) >= 11 is 3.04. The van der Waals surface area contributed by atoms with E-state index in [9.17, 15) is 17.9 Å². The first-order chi connectivity index (χ1) is 8.90. The van der Waals surface area contributed by atoms with Crippen LogP contribution in [0.4, 0.5) is 4.39 Å². The SMILES string of the molecule is O=S(=O)(NCC1CCCC1O)c1ccc(F)cc1Br. The van der Waals surface area contributed by atoms with Gasteiger partial charge < -0.3 is 5.11 Å². The lowest BCUT2D eigenvalue weighted by Gasteiger charge is -2.15. The molecule has 0 aliphatic heterocycles. The van der Waals surface area contributed by atoms with Crippen LogP contribution >= 0.6 is 15.9 Å². The average Bonchev–Trinajstić information content (AvgIpc) is 2.72. The normalized spacial score (nSPS) is 23.7. The van der Waals surface area contributed by atoms with Gasteiger partial charge >= 0.3 is 0 Å². The number of aliphatic hydroxyl groups is 1. The van der Waals surface area contributed by atoms with Crippen molar-refractivity contribution in [3.05, 3.63) is 28.5 Å². The summed E-state index contributed by atoms with van der Waals surface area (Å²) in [5, 5.41) is 9.65. The number of benzene rings is 1. The molecule has 0 heterocycles. The lowest BCUT2D eigenvalue weighted by molar-refractivity contribution is 0.134. The molecule has 4 nitrogen and oxygen atoms in total. The lowest BCUT2D eigenvalue weighted by Crippen LogP contribution is -2.32. The van der Waals surface area contributed by atoms with Gasteiger partial charge in [-0.25, -0.2) is 17.5 Å². The van der Waals surface area contributed by atoms with E-state index in [1.165, 1.54) is 6.07 Å². The third-order valence-electron chi connectivity index (χ3n) is 3.34. The number of rotatable bonds is 4. The van der Waals surface area contributed by atoms with Crippen molar-refractivity contribution in [2.24, 2.45) is 5.92 Å². The van der Waals surface area contributed by atoms with E-state index in [0.717, 1.165) is 25.0 Å². The predicted octanol–water partition coefficient (Wildman–Crippen LogP) is 2.03. The third-order valence-corrected chi connectivity index (χ3v) is 5.74. The molecule has 0 bridgehead atoms. The van der Waals surface area contributed by atoms with E-state index in [2.05, 4.69) is 20.7 Å². The maximum Gasteiger partial charge on any atom is 0.241 e. The fourth-order valence-electron chi connectivity index (χ4n) is 2.24. The van der Waals surface area contributed by atoms with Crippen LogP contribution in [-0.2, 0) is 10.0 Å². The first-order valence-corrected chi connectivity index (χ1v) is 8.30. The smallest absolute Gasteiger partial charge is 0.241 e. The maximum absolute atomic E-state index is 12.9. The molecule has 1 aromatic carbocycles. The van der Waals surface area contributed by atoms with Gasteiger partial charge in [0, 0.05) is 11.0 Å². The molecule has 1 fully saturated rings. The molecule has 2 rings (SSSR count). The average molecular weight is 352 g/mol. The minimum atomic E-state index is -3.69. The summed E-state index contributed by atoms with van der Waals surface area (Å²) in [6, 6.07) is 3.43. The number of halogens is 2. The Kier molecular flexibility index (Phi) is 4.60. The van der Waals surface area contributed by atoms with Gasteiger partial charge in [0.05, 0.1) is 11.0 Å². The monoisotopic (exact) mass is 351 g/mol. The zero-order valence-electron chi connectivity index (χ0n) is 10.1. The minimum Gasteiger partial charge on any atom is -0.393 e. The molecule has 2 atom stereocenters. The van der Waals surface area contributed by atoms with E-state index in [1.54, 1.807) is 0 Å². The van der Waals surface area contributed by atoms with Gasteiger partial charge in [-0.15, -0.1) is 0 Å². The van der Waals surface area contributed by atoms with E-state index in [0.29, 0.717) is 6.42 Å². The summed E-state index contributed by atoms with van der Waals surface area (Å²) in [7, 11) is -3.69. The van der Waals surface area contributed by atoms with Crippen molar-refractivity contribution in [1.82, 2.24) is 4.72 Å². The summed E-state index contributed by atoms with van der Waals surface area (Å²) in [4.78, 5) is 0.00128. The van der Waals surface area contributed by atoms with Gasteiger partial charge in [-0.3, -0.25) is 0 Å². The van der Waals surface area contributed by atoms with Crippen LogP contribution in [0.15, 0.2) is 27.6 Å². The Bertz CT molecular complexity index is 564. The van der Waals surface area contributed by atoms with E-state index < -0.39 is 21.9 Å². The minimum absolute atomic E-state index is 0.00128. The molecule has 0 radical (unpaired) electrons. The van der Waals surface area contributed by atoms with Crippen molar-refractivity contribution < 1.29 is 17.9 Å². The highest BCUT2D eigenvalue weighted by Crippen LogP contribution is 2.26. The van der Waals surface area contributed by atoms with E-state index in [-0.39, 0.29) is 21.8 Å². The second-order valence-electron chi connectivity index (χ2n) is 4.68. The maximum atomic E-state index is 12.9. The number of aliphatic hydroxyl groups excluding tert-OH is 1. The van der Waals surface area contributed by atoms with Crippen molar-refractivity contribution in [2.45, 2.75) is 30.3 Å². The largest absolute Gasteiger partial charge is 0.393 e. The van der Waals surface area contributed by atoms with Crippen molar-refractivity contribution in [3.63, 3.8) is 0 Å². The first kappa shape index (κ1) is 14.9. The zero-order chi connectivity index (χ0) is 14.0. The number of nitrogens with one attached hydrogen (secondary N) is 1. The molecular weight excluding hydrogens is 337 g/mol. The van der Waals surface area contributed by atoms with Gasteiger partial charge in [-0.1, -0.05) is 6.42 Å². The molecule has 106 valence electrons. The Hall–Kier alpha value is -0.500. The van der Waals surface area contributed by atoms with Crippen LogP contribution in [0.3, 0.4) is 0 Å².